The molecule has 0 aliphatic carbocycles. The normalized spacial score (nSPS) is 18.0. The molecular formula is C20H18F2N6O. The zero-order chi connectivity index (χ0) is 20.5. The van der Waals surface area contributed by atoms with Crippen molar-refractivity contribution in [2.75, 3.05) is 18.8 Å². The molecule has 0 spiro atoms. The van der Waals surface area contributed by atoms with Gasteiger partial charge in [0, 0.05) is 44.2 Å². The molecule has 0 unspecified atom stereocenters. The Kier molecular flexibility index (Phi) is 4.79. The van der Waals surface area contributed by atoms with Crippen molar-refractivity contribution >= 4 is 30.2 Å². The Morgan fingerprint density at radius 1 is 1.21 bits per heavy atom. The van der Waals surface area contributed by atoms with E-state index in [1.807, 2.05) is 6.08 Å². The lowest BCUT2D eigenvalue weighted by molar-refractivity contribution is 0.136. The second-order valence-electron chi connectivity index (χ2n) is 6.93. The lowest BCUT2D eigenvalue weighted by Gasteiger charge is -2.37. The molecule has 7 nitrogen and oxygen atoms in total. The summed E-state index contributed by atoms with van der Waals surface area (Å²) in [6, 6.07) is 4.12. The number of hydrogen-bond donors (Lipinski definition) is 2. The van der Waals surface area contributed by atoms with Gasteiger partial charge in [-0.05, 0) is 34.9 Å². The first kappa shape index (κ1) is 18.7. The van der Waals surface area contributed by atoms with Crippen LogP contribution in [0.2, 0.25) is 0 Å². The number of nitrogens with two attached hydrogens (primary N) is 1. The highest BCUT2D eigenvalue weighted by atomic mass is 19.1. The van der Waals surface area contributed by atoms with E-state index in [4.69, 9.17) is 11.1 Å². The summed E-state index contributed by atoms with van der Waals surface area (Å²) in [5.41, 5.74) is 8.83. The van der Waals surface area contributed by atoms with Crippen LogP contribution in [-0.2, 0) is 0 Å². The highest BCUT2D eigenvalue weighted by molar-refractivity contribution is 5.83. The summed E-state index contributed by atoms with van der Waals surface area (Å²) in [6.45, 7) is 0.836. The number of halogens is 2. The van der Waals surface area contributed by atoms with Crippen LogP contribution in [0.15, 0.2) is 41.1 Å². The Morgan fingerprint density at radius 2 is 1.93 bits per heavy atom. The van der Waals surface area contributed by atoms with E-state index in [1.54, 1.807) is 23.4 Å². The van der Waals surface area contributed by atoms with E-state index >= 15 is 0 Å². The first-order valence-corrected chi connectivity index (χ1v) is 8.96. The number of pyridine rings is 1. The third-order valence-corrected chi connectivity index (χ3v) is 4.83. The number of nitrogens with one attached hydrogen (secondary N) is 1. The number of anilines is 1. The summed E-state index contributed by atoms with van der Waals surface area (Å²) in [4.78, 5) is 18.5. The summed E-state index contributed by atoms with van der Waals surface area (Å²) < 4.78 is 27.1. The molecule has 4 rings (SSSR count). The van der Waals surface area contributed by atoms with Crippen molar-refractivity contribution < 1.29 is 13.6 Å². The van der Waals surface area contributed by atoms with E-state index in [9.17, 15) is 13.6 Å². The molecule has 1 saturated heterocycles. The van der Waals surface area contributed by atoms with E-state index in [-0.39, 0.29) is 6.03 Å². The van der Waals surface area contributed by atoms with Gasteiger partial charge in [0.25, 0.3) is 0 Å². The van der Waals surface area contributed by atoms with Gasteiger partial charge in [-0.25, -0.2) is 18.6 Å². The molecule has 9 heteroatoms. The molecule has 3 heterocycles. The summed E-state index contributed by atoms with van der Waals surface area (Å²) in [5, 5.41) is 12.6. The molecule has 1 aromatic heterocycles. The van der Waals surface area contributed by atoms with Crippen LogP contribution in [0, 0.1) is 17.0 Å². The van der Waals surface area contributed by atoms with Crippen molar-refractivity contribution in [1.82, 2.24) is 14.9 Å². The monoisotopic (exact) mass is 396 g/mol. The molecule has 1 fully saturated rings. The zero-order valence-electron chi connectivity index (χ0n) is 15.3. The number of rotatable bonds is 3. The molecule has 29 heavy (non-hydrogen) atoms. The SMILES string of the molecule is N=Cc1ncc(C=C2CN(C(=O)N3N=CC[C@H]3c3cc(F)cc(F)c3)C2)cc1N. The Labute approximate surface area is 165 Å². The minimum absolute atomic E-state index is 0.317. The first-order chi connectivity index (χ1) is 13.9. The maximum atomic E-state index is 13.6. The molecule has 2 aliphatic heterocycles. The summed E-state index contributed by atoms with van der Waals surface area (Å²) in [6.07, 6.45) is 6.57. The van der Waals surface area contributed by atoms with Crippen LogP contribution in [0.25, 0.3) is 6.08 Å². The molecule has 1 atom stereocenters. The van der Waals surface area contributed by atoms with Gasteiger partial charge in [-0.3, -0.25) is 4.98 Å². The number of aromatic nitrogens is 1. The smallest absolute Gasteiger partial charge is 0.341 e. The van der Waals surface area contributed by atoms with Crippen molar-refractivity contribution in [2.24, 2.45) is 5.10 Å². The van der Waals surface area contributed by atoms with Crippen LogP contribution >= 0.6 is 0 Å². The lowest BCUT2D eigenvalue weighted by atomic mass is 10.0. The second kappa shape index (κ2) is 7.42. The number of hydrazone groups is 1. The standard InChI is InChI=1S/C20H18F2N6O/c21-15-5-14(6-16(22)7-15)19-1-2-26-28(19)20(29)27-10-13(11-27)3-12-4-17(24)18(8-23)25-9-12/h2-9,19,23H,1,10-11,24H2/t19-/m0/s1. The van der Waals surface area contributed by atoms with Crippen molar-refractivity contribution in [3.63, 3.8) is 0 Å². The fourth-order valence-electron chi connectivity index (χ4n) is 3.40. The van der Waals surface area contributed by atoms with Crippen LogP contribution in [0.1, 0.15) is 29.3 Å². The van der Waals surface area contributed by atoms with Gasteiger partial charge in [0.2, 0.25) is 0 Å². The van der Waals surface area contributed by atoms with Crippen LogP contribution in [0.4, 0.5) is 19.3 Å². The first-order valence-electron chi connectivity index (χ1n) is 8.96. The number of nitrogens with zero attached hydrogens (tertiary/aromatic N) is 4. The number of hydrogen-bond acceptors (Lipinski definition) is 5. The maximum Gasteiger partial charge on any atom is 0.341 e. The molecular weight excluding hydrogens is 378 g/mol. The predicted octanol–water partition coefficient (Wildman–Crippen LogP) is 3.19. The largest absolute Gasteiger partial charge is 0.397 e. The number of urea groups is 1. The second-order valence-corrected chi connectivity index (χ2v) is 6.93. The molecule has 0 bridgehead atoms. The van der Waals surface area contributed by atoms with Gasteiger partial charge in [-0.1, -0.05) is 6.08 Å². The molecule has 2 aliphatic rings. The highest BCUT2D eigenvalue weighted by Gasteiger charge is 2.35. The molecule has 2 amide bonds. The fourth-order valence-corrected chi connectivity index (χ4v) is 3.40. The Bertz CT molecular complexity index is 1020. The maximum absolute atomic E-state index is 13.6. The lowest BCUT2D eigenvalue weighted by Crippen LogP contribution is -2.49. The molecule has 0 radical (unpaired) electrons. The number of likely N-dealkylation sites (tertiary alicyclic amines) is 1. The number of nitrogen functional groups attached to an aromatic ring is 1. The van der Waals surface area contributed by atoms with Crippen molar-refractivity contribution in [2.45, 2.75) is 12.5 Å². The van der Waals surface area contributed by atoms with E-state index in [1.165, 1.54) is 17.1 Å². The third kappa shape index (κ3) is 3.71. The summed E-state index contributed by atoms with van der Waals surface area (Å²) >= 11 is 0. The number of amides is 2. The van der Waals surface area contributed by atoms with E-state index in [2.05, 4.69) is 10.1 Å². The van der Waals surface area contributed by atoms with Crippen molar-refractivity contribution in [1.29, 1.82) is 5.41 Å². The van der Waals surface area contributed by atoms with Gasteiger partial charge in [-0.15, -0.1) is 0 Å². The third-order valence-electron chi connectivity index (χ3n) is 4.83. The van der Waals surface area contributed by atoms with Crippen LogP contribution in [0.5, 0.6) is 0 Å². The van der Waals surface area contributed by atoms with E-state index in [0.717, 1.165) is 23.4 Å². The Balaban J connectivity index is 1.44. The van der Waals surface area contributed by atoms with Gasteiger partial charge in [0.15, 0.2) is 0 Å². The quantitative estimate of drug-likeness (QED) is 0.780. The van der Waals surface area contributed by atoms with Gasteiger partial charge in [-0.2, -0.15) is 5.10 Å². The average molecular weight is 396 g/mol. The average Bonchev–Trinajstić information content (AvgIpc) is 3.13. The Hall–Kier alpha value is -3.62. The highest BCUT2D eigenvalue weighted by Crippen LogP contribution is 2.32. The van der Waals surface area contributed by atoms with Crippen LogP contribution in [0.3, 0.4) is 0 Å². The summed E-state index contributed by atoms with van der Waals surface area (Å²) in [5.74, 6) is -1.37. The van der Waals surface area contributed by atoms with Gasteiger partial charge in [0.05, 0.1) is 11.7 Å². The summed E-state index contributed by atoms with van der Waals surface area (Å²) in [7, 11) is 0. The fraction of sp³-hybridized carbons (Fsp3) is 0.200. The molecule has 0 saturated carbocycles. The van der Waals surface area contributed by atoms with Gasteiger partial charge >= 0.3 is 6.03 Å². The minimum Gasteiger partial charge on any atom is -0.397 e. The van der Waals surface area contributed by atoms with Crippen molar-refractivity contribution in [3.05, 3.63) is 64.5 Å². The van der Waals surface area contributed by atoms with Crippen LogP contribution < -0.4 is 5.73 Å². The molecule has 3 N–H and O–H groups in total. The zero-order valence-corrected chi connectivity index (χ0v) is 15.3. The van der Waals surface area contributed by atoms with E-state index < -0.39 is 17.7 Å². The van der Waals surface area contributed by atoms with Gasteiger partial charge < -0.3 is 16.0 Å². The van der Waals surface area contributed by atoms with Gasteiger partial charge in [0.1, 0.15) is 17.3 Å². The van der Waals surface area contributed by atoms with E-state index in [0.29, 0.717) is 36.5 Å². The van der Waals surface area contributed by atoms with Crippen molar-refractivity contribution in [3.8, 4) is 0 Å². The predicted molar refractivity (Wildman–Crippen MR) is 106 cm³/mol. The Morgan fingerprint density at radius 3 is 2.59 bits per heavy atom. The number of carbonyl (C=O) groups excluding carboxylic acids is 1. The molecule has 2 aromatic rings. The van der Waals surface area contributed by atoms with Crippen LogP contribution in [-0.4, -0.2) is 46.4 Å². The topological polar surface area (TPSA) is 98.7 Å². The number of carbonyl (C=O) groups is 1. The minimum atomic E-state index is -0.685. The molecule has 1 aromatic carbocycles. The number of benzene rings is 1. The molecule has 148 valence electrons.